The van der Waals surface area contributed by atoms with E-state index in [1.165, 1.54) is 4.90 Å². The summed E-state index contributed by atoms with van der Waals surface area (Å²) in [4.78, 5) is 39.0. The van der Waals surface area contributed by atoms with Gasteiger partial charge in [0.2, 0.25) is 11.8 Å². The first-order valence-electron chi connectivity index (χ1n) is 8.60. The molecule has 0 spiro atoms. The van der Waals surface area contributed by atoms with Gasteiger partial charge in [0, 0.05) is 17.1 Å². The van der Waals surface area contributed by atoms with Crippen LogP contribution in [-0.2, 0) is 14.4 Å². The van der Waals surface area contributed by atoms with Crippen LogP contribution >= 0.6 is 15.9 Å². The maximum absolute atomic E-state index is 13.0. The molecule has 3 N–H and O–H groups in total. The largest absolute Gasteiger partial charge is 0.480 e. The van der Waals surface area contributed by atoms with Gasteiger partial charge in [-0.1, -0.05) is 41.4 Å². The lowest BCUT2D eigenvalue weighted by atomic mass is 9.80. The lowest BCUT2D eigenvalue weighted by Gasteiger charge is -2.29. The second-order valence-corrected chi connectivity index (χ2v) is 7.71. The van der Waals surface area contributed by atoms with Gasteiger partial charge in [0.25, 0.3) is 0 Å². The highest BCUT2D eigenvalue weighted by Crippen LogP contribution is 2.48. The van der Waals surface area contributed by atoms with Gasteiger partial charge in [-0.15, -0.1) is 0 Å². The van der Waals surface area contributed by atoms with Gasteiger partial charge in [-0.25, -0.2) is 0 Å². The number of imide groups is 1. The van der Waals surface area contributed by atoms with E-state index < -0.39 is 41.9 Å². The number of aliphatic carboxylic acids is 1. The number of carboxylic acids is 1. The summed E-state index contributed by atoms with van der Waals surface area (Å²) in [6.45, 7) is 1.46. The number of unbranched alkanes of at least 4 members (excludes halogenated alkanes) is 1. The van der Waals surface area contributed by atoms with Gasteiger partial charge < -0.3 is 10.2 Å². The van der Waals surface area contributed by atoms with Crippen molar-refractivity contribution in [2.75, 3.05) is 13.2 Å². The molecule has 0 aromatic heterocycles. The number of aliphatic hydroxyl groups excluding tert-OH is 1. The van der Waals surface area contributed by atoms with Crippen LogP contribution in [0.15, 0.2) is 28.7 Å². The number of nitrogens with one attached hydrogen (secondary N) is 1. The number of amides is 2. The van der Waals surface area contributed by atoms with E-state index >= 15 is 0 Å². The molecule has 2 fully saturated rings. The van der Waals surface area contributed by atoms with Gasteiger partial charge in [-0.3, -0.25) is 24.6 Å². The van der Waals surface area contributed by atoms with Crippen molar-refractivity contribution in [2.24, 2.45) is 11.8 Å². The van der Waals surface area contributed by atoms with Gasteiger partial charge in [-0.05, 0) is 24.1 Å². The maximum atomic E-state index is 13.0. The fourth-order valence-corrected chi connectivity index (χ4v) is 4.23. The first kappa shape index (κ1) is 19.0. The molecule has 4 unspecified atom stereocenters. The lowest BCUT2D eigenvalue weighted by Crippen LogP contribution is -2.58. The molecule has 2 heterocycles. The van der Waals surface area contributed by atoms with Gasteiger partial charge in [-0.2, -0.15) is 0 Å². The summed E-state index contributed by atoms with van der Waals surface area (Å²) < 4.78 is 0.848. The van der Waals surface area contributed by atoms with Crippen molar-refractivity contribution in [1.82, 2.24) is 10.2 Å². The molecule has 140 valence electrons. The number of hydrogen-bond donors (Lipinski definition) is 3. The standard InChI is InChI=1S/C18H21BrN2O5/c1-2-3-8-21-15(23)12-13(16(21)24)18(9-22,17(25)26)20-14(12)10-4-6-11(19)7-5-10/h4-7,12-14,20,22H,2-3,8-9H2,1H3,(H,25,26). The Morgan fingerprint density at radius 1 is 1.27 bits per heavy atom. The van der Waals surface area contributed by atoms with E-state index in [4.69, 9.17) is 0 Å². The Labute approximate surface area is 159 Å². The molecule has 2 amide bonds. The minimum atomic E-state index is -1.86. The van der Waals surface area contributed by atoms with Crippen LogP contribution in [-0.4, -0.2) is 51.6 Å². The molecule has 1 aromatic rings. The minimum Gasteiger partial charge on any atom is -0.480 e. The Bertz CT molecular complexity index is 738. The number of hydrogen-bond acceptors (Lipinski definition) is 5. The summed E-state index contributed by atoms with van der Waals surface area (Å²) in [5.41, 5.74) is -1.16. The second kappa shape index (κ2) is 7.09. The number of carbonyl (C=O) groups is 3. The van der Waals surface area contributed by atoms with Crippen LogP contribution in [0, 0.1) is 11.8 Å². The summed E-state index contributed by atoms with van der Waals surface area (Å²) in [7, 11) is 0. The van der Waals surface area contributed by atoms with E-state index in [1.54, 1.807) is 24.3 Å². The summed E-state index contributed by atoms with van der Waals surface area (Å²) >= 11 is 3.35. The summed E-state index contributed by atoms with van der Waals surface area (Å²) in [6, 6.07) is 6.49. The molecule has 7 nitrogen and oxygen atoms in total. The molecule has 0 radical (unpaired) electrons. The second-order valence-electron chi connectivity index (χ2n) is 6.79. The Morgan fingerprint density at radius 3 is 2.46 bits per heavy atom. The van der Waals surface area contributed by atoms with Crippen molar-refractivity contribution >= 4 is 33.7 Å². The van der Waals surface area contributed by atoms with Crippen LogP contribution in [0.5, 0.6) is 0 Å². The third-order valence-electron chi connectivity index (χ3n) is 5.34. The first-order valence-corrected chi connectivity index (χ1v) is 9.39. The zero-order valence-corrected chi connectivity index (χ0v) is 15.9. The molecule has 0 saturated carbocycles. The van der Waals surface area contributed by atoms with Crippen LogP contribution in [0.1, 0.15) is 31.4 Å². The SMILES string of the molecule is CCCCN1C(=O)C2C(c3ccc(Br)cc3)NC(CO)(C(=O)O)C2C1=O. The maximum Gasteiger partial charge on any atom is 0.327 e. The van der Waals surface area contributed by atoms with Crippen LogP contribution in [0.3, 0.4) is 0 Å². The number of carboxylic acid groups (broad SMARTS) is 1. The normalized spacial score (nSPS) is 30.7. The molecule has 3 rings (SSSR count). The molecule has 2 aliphatic heterocycles. The summed E-state index contributed by atoms with van der Waals surface area (Å²) in [5, 5.41) is 22.5. The topological polar surface area (TPSA) is 107 Å². The van der Waals surface area contributed by atoms with E-state index in [-0.39, 0.29) is 12.5 Å². The summed E-state index contributed by atoms with van der Waals surface area (Å²) in [5.74, 6) is -4.18. The smallest absolute Gasteiger partial charge is 0.327 e. The van der Waals surface area contributed by atoms with E-state index in [2.05, 4.69) is 21.2 Å². The van der Waals surface area contributed by atoms with E-state index in [0.29, 0.717) is 12.0 Å². The lowest BCUT2D eigenvalue weighted by molar-refractivity contribution is -0.153. The Kier molecular flexibility index (Phi) is 5.18. The van der Waals surface area contributed by atoms with Gasteiger partial charge >= 0.3 is 5.97 Å². The average Bonchev–Trinajstić information content (AvgIpc) is 3.09. The van der Waals surface area contributed by atoms with Crippen LogP contribution in [0.4, 0.5) is 0 Å². The molecular formula is C18H21BrN2O5. The fourth-order valence-electron chi connectivity index (χ4n) is 3.97. The molecular weight excluding hydrogens is 404 g/mol. The Hall–Kier alpha value is -1.77. The number of likely N-dealkylation sites (tertiary alicyclic amines) is 1. The highest BCUT2D eigenvalue weighted by Gasteiger charge is 2.68. The number of benzene rings is 1. The van der Waals surface area contributed by atoms with Gasteiger partial charge in [0.05, 0.1) is 18.4 Å². The average molecular weight is 425 g/mol. The van der Waals surface area contributed by atoms with Crippen molar-refractivity contribution in [1.29, 1.82) is 0 Å². The zero-order valence-electron chi connectivity index (χ0n) is 14.3. The van der Waals surface area contributed by atoms with Crippen LogP contribution in [0.25, 0.3) is 0 Å². The third-order valence-corrected chi connectivity index (χ3v) is 5.87. The quantitative estimate of drug-likeness (QED) is 0.594. The fraction of sp³-hybridized carbons (Fsp3) is 0.500. The monoisotopic (exact) mass is 424 g/mol. The van der Waals surface area contributed by atoms with E-state index in [9.17, 15) is 24.6 Å². The highest BCUT2D eigenvalue weighted by atomic mass is 79.9. The number of fused-ring (bicyclic) bond motifs is 1. The van der Waals surface area contributed by atoms with Crippen molar-refractivity contribution < 1.29 is 24.6 Å². The molecule has 4 atom stereocenters. The highest BCUT2D eigenvalue weighted by molar-refractivity contribution is 9.10. The minimum absolute atomic E-state index is 0.273. The third kappa shape index (κ3) is 2.76. The molecule has 2 aliphatic rings. The number of carbonyl (C=O) groups excluding carboxylic acids is 2. The number of nitrogens with zero attached hydrogens (tertiary/aromatic N) is 1. The van der Waals surface area contributed by atoms with Crippen molar-refractivity contribution in [3.8, 4) is 0 Å². The Balaban J connectivity index is 2.06. The number of halogens is 1. The molecule has 8 heteroatoms. The van der Waals surface area contributed by atoms with Crippen LogP contribution in [0.2, 0.25) is 0 Å². The van der Waals surface area contributed by atoms with E-state index in [1.807, 2.05) is 6.92 Å². The van der Waals surface area contributed by atoms with Gasteiger partial charge in [0.15, 0.2) is 5.54 Å². The molecule has 0 aliphatic carbocycles. The molecule has 26 heavy (non-hydrogen) atoms. The molecule has 1 aromatic carbocycles. The van der Waals surface area contributed by atoms with Crippen molar-refractivity contribution in [3.05, 3.63) is 34.3 Å². The first-order chi connectivity index (χ1) is 12.4. The van der Waals surface area contributed by atoms with E-state index in [0.717, 1.165) is 10.9 Å². The summed E-state index contributed by atoms with van der Waals surface area (Å²) in [6.07, 6.45) is 1.47. The number of rotatable bonds is 6. The van der Waals surface area contributed by atoms with Gasteiger partial charge in [0.1, 0.15) is 0 Å². The Morgan fingerprint density at radius 2 is 1.92 bits per heavy atom. The zero-order chi connectivity index (χ0) is 19.1. The predicted octanol–water partition coefficient (Wildman–Crippen LogP) is 1.31. The predicted molar refractivity (Wildman–Crippen MR) is 96.1 cm³/mol. The molecule has 0 bridgehead atoms. The van der Waals surface area contributed by atoms with Crippen molar-refractivity contribution in [3.63, 3.8) is 0 Å². The van der Waals surface area contributed by atoms with Crippen molar-refractivity contribution in [2.45, 2.75) is 31.3 Å². The molecule has 2 saturated heterocycles. The van der Waals surface area contributed by atoms with Crippen LogP contribution < -0.4 is 5.32 Å². The number of aliphatic hydroxyl groups is 1.